The van der Waals surface area contributed by atoms with Crippen LogP contribution in [0.15, 0.2) is 54.7 Å². The van der Waals surface area contributed by atoms with Crippen molar-refractivity contribution in [2.75, 3.05) is 11.9 Å². The van der Waals surface area contributed by atoms with Gasteiger partial charge in [0.05, 0.1) is 0 Å². The van der Waals surface area contributed by atoms with Gasteiger partial charge >= 0.3 is 6.03 Å². The minimum atomic E-state index is -0.961. The molecule has 31 heavy (non-hydrogen) atoms. The minimum absolute atomic E-state index is 0.259. The molecule has 4 rings (SSSR count). The number of carbonyl (C=O) groups excluding carboxylic acids is 2. The first-order valence-electron chi connectivity index (χ1n) is 10.7. The SMILES string of the molecule is O=C(NCCc1c[nH]c2ccccc12)NC1(C(=O)Nc2ccc(F)cc2)CCCCC1. The third-order valence-corrected chi connectivity index (χ3v) is 5.95. The molecule has 1 fully saturated rings. The number of hydrogen-bond acceptors (Lipinski definition) is 2. The molecule has 0 unspecified atom stereocenters. The Hall–Kier alpha value is -3.35. The van der Waals surface area contributed by atoms with Gasteiger partial charge in [-0.05, 0) is 55.2 Å². The van der Waals surface area contributed by atoms with Gasteiger partial charge in [-0.15, -0.1) is 0 Å². The number of urea groups is 1. The fraction of sp³-hybridized carbons (Fsp3) is 0.333. The maximum atomic E-state index is 13.2. The van der Waals surface area contributed by atoms with E-state index >= 15 is 0 Å². The summed E-state index contributed by atoms with van der Waals surface area (Å²) >= 11 is 0. The average molecular weight is 423 g/mol. The van der Waals surface area contributed by atoms with Crippen molar-refractivity contribution >= 4 is 28.5 Å². The summed E-state index contributed by atoms with van der Waals surface area (Å²) in [4.78, 5) is 29.0. The van der Waals surface area contributed by atoms with Crippen molar-refractivity contribution in [2.24, 2.45) is 0 Å². The Bertz CT molecular complexity index is 1050. The van der Waals surface area contributed by atoms with E-state index < -0.39 is 5.54 Å². The number of anilines is 1. The van der Waals surface area contributed by atoms with E-state index in [1.54, 1.807) is 0 Å². The van der Waals surface area contributed by atoms with E-state index in [2.05, 4.69) is 27.0 Å². The van der Waals surface area contributed by atoms with Crippen molar-refractivity contribution < 1.29 is 14.0 Å². The summed E-state index contributed by atoms with van der Waals surface area (Å²) in [6, 6.07) is 13.3. The number of amides is 3. The molecule has 1 saturated carbocycles. The number of fused-ring (bicyclic) bond motifs is 1. The van der Waals surface area contributed by atoms with Crippen molar-refractivity contribution in [3.8, 4) is 0 Å². The highest BCUT2D eigenvalue weighted by Gasteiger charge is 2.40. The Labute approximate surface area is 180 Å². The van der Waals surface area contributed by atoms with E-state index in [4.69, 9.17) is 0 Å². The van der Waals surface area contributed by atoms with Crippen molar-refractivity contribution in [1.29, 1.82) is 0 Å². The molecule has 1 aliphatic rings. The van der Waals surface area contributed by atoms with Gasteiger partial charge in [-0.1, -0.05) is 37.5 Å². The molecule has 4 N–H and O–H groups in total. The molecule has 6 nitrogen and oxygen atoms in total. The first-order chi connectivity index (χ1) is 15.1. The van der Waals surface area contributed by atoms with E-state index in [0.29, 0.717) is 31.5 Å². The maximum absolute atomic E-state index is 13.2. The summed E-state index contributed by atoms with van der Waals surface area (Å²) in [5.74, 6) is -0.622. The van der Waals surface area contributed by atoms with Crippen LogP contribution in [-0.2, 0) is 11.2 Å². The first-order valence-corrected chi connectivity index (χ1v) is 10.7. The number of aromatic amines is 1. The smallest absolute Gasteiger partial charge is 0.315 e. The van der Waals surface area contributed by atoms with Gasteiger partial charge < -0.3 is 20.9 Å². The van der Waals surface area contributed by atoms with Gasteiger partial charge in [0.2, 0.25) is 5.91 Å². The van der Waals surface area contributed by atoms with Crippen LogP contribution < -0.4 is 16.0 Å². The second-order valence-corrected chi connectivity index (χ2v) is 8.09. The molecule has 0 bridgehead atoms. The Balaban J connectivity index is 1.37. The van der Waals surface area contributed by atoms with Crippen LogP contribution in [0.3, 0.4) is 0 Å². The summed E-state index contributed by atoms with van der Waals surface area (Å²) in [6.45, 7) is 0.462. The van der Waals surface area contributed by atoms with Crippen molar-refractivity contribution in [1.82, 2.24) is 15.6 Å². The summed E-state index contributed by atoms with van der Waals surface area (Å²) in [5, 5.41) is 9.80. The molecule has 0 atom stereocenters. The Morgan fingerprint density at radius 3 is 2.52 bits per heavy atom. The number of halogens is 1. The Kier molecular flexibility index (Phi) is 6.21. The third kappa shape index (κ3) is 4.87. The van der Waals surface area contributed by atoms with Gasteiger partial charge in [-0.3, -0.25) is 4.79 Å². The van der Waals surface area contributed by atoms with Crippen molar-refractivity contribution in [2.45, 2.75) is 44.1 Å². The number of carbonyl (C=O) groups is 2. The molecule has 1 heterocycles. The highest BCUT2D eigenvalue weighted by atomic mass is 19.1. The third-order valence-electron chi connectivity index (χ3n) is 5.95. The number of hydrogen-bond donors (Lipinski definition) is 4. The molecule has 0 aliphatic heterocycles. The zero-order chi connectivity index (χ0) is 21.7. The standard InChI is InChI=1S/C24H27FN4O2/c25-18-8-10-19(11-9-18)28-22(30)24(13-4-1-5-14-24)29-23(31)26-15-12-17-16-27-21-7-3-2-6-20(17)21/h2-3,6-11,16,27H,1,4-5,12-15H2,(H,28,30)(H2,26,29,31). The van der Waals surface area contributed by atoms with Gasteiger partial charge in [-0.2, -0.15) is 0 Å². The highest BCUT2D eigenvalue weighted by Crippen LogP contribution is 2.29. The van der Waals surface area contributed by atoms with Crippen LogP contribution >= 0.6 is 0 Å². The first kappa shape index (κ1) is 20.9. The van der Waals surface area contributed by atoms with Gasteiger partial charge in [0.1, 0.15) is 11.4 Å². The van der Waals surface area contributed by atoms with E-state index in [1.165, 1.54) is 24.3 Å². The molecule has 0 radical (unpaired) electrons. The van der Waals surface area contributed by atoms with Crippen molar-refractivity contribution in [3.63, 3.8) is 0 Å². The molecule has 7 heteroatoms. The number of aromatic nitrogens is 1. The van der Waals surface area contributed by atoms with Gasteiger partial charge in [-0.25, -0.2) is 9.18 Å². The normalized spacial score (nSPS) is 15.4. The summed E-state index contributed by atoms with van der Waals surface area (Å²) < 4.78 is 13.2. The van der Waals surface area contributed by atoms with Crippen LogP contribution in [0.4, 0.5) is 14.9 Å². The second kappa shape index (κ2) is 9.20. The average Bonchev–Trinajstić information content (AvgIpc) is 3.19. The number of benzene rings is 2. The molecule has 162 valence electrons. The van der Waals surface area contributed by atoms with Gasteiger partial charge in [0.15, 0.2) is 0 Å². The van der Waals surface area contributed by atoms with Crippen LogP contribution in [0.1, 0.15) is 37.7 Å². The Morgan fingerprint density at radius 1 is 1.00 bits per heavy atom. The van der Waals surface area contributed by atoms with Crippen LogP contribution in [0.5, 0.6) is 0 Å². The number of rotatable bonds is 6. The van der Waals surface area contributed by atoms with Gasteiger partial charge in [0, 0.05) is 29.3 Å². The van der Waals surface area contributed by atoms with E-state index in [-0.39, 0.29) is 17.8 Å². The molecular weight excluding hydrogens is 395 g/mol. The summed E-state index contributed by atoms with van der Waals surface area (Å²) in [5.41, 5.74) is 1.76. The second-order valence-electron chi connectivity index (χ2n) is 8.09. The van der Waals surface area contributed by atoms with Crippen LogP contribution in [0, 0.1) is 5.82 Å². The van der Waals surface area contributed by atoms with Crippen LogP contribution in [-0.4, -0.2) is 29.0 Å². The predicted octanol–water partition coefficient (Wildman–Crippen LogP) is 4.49. The molecule has 1 aromatic heterocycles. The van der Waals surface area contributed by atoms with Crippen LogP contribution in [0.25, 0.3) is 10.9 Å². The molecule has 2 aromatic carbocycles. The lowest BCUT2D eigenvalue weighted by Gasteiger charge is -2.36. The van der Waals surface area contributed by atoms with E-state index in [1.807, 2.05) is 24.4 Å². The highest BCUT2D eigenvalue weighted by molar-refractivity contribution is 6.00. The number of H-pyrrole nitrogens is 1. The number of nitrogens with one attached hydrogen (secondary N) is 4. The minimum Gasteiger partial charge on any atom is -0.361 e. The molecule has 0 saturated heterocycles. The van der Waals surface area contributed by atoms with Crippen LogP contribution in [0.2, 0.25) is 0 Å². The molecule has 3 amide bonds. The van der Waals surface area contributed by atoms with E-state index in [0.717, 1.165) is 35.7 Å². The van der Waals surface area contributed by atoms with Crippen molar-refractivity contribution in [3.05, 3.63) is 66.1 Å². The molecular formula is C24H27FN4O2. The molecule has 1 aliphatic carbocycles. The number of para-hydroxylation sites is 1. The predicted molar refractivity (Wildman–Crippen MR) is 119 cm³/mol. The Morgan fingerprint density at radius 2 is 1.74 bits per heavy atom. The lowest BCUT2D eigenvalue weighted by Crippen LogP contribution is -2.60. The topological polar surface area (TPSA) is 86.0 Å². The summed E-state index contributed by atoms with van der Waals surface area (Å²) in [6.07, 6.45) is 6.58. The zero-order valence-corrected chi connectivity index (χ0v) is 17.3. The fourth-order valence-electron chi connectivity index (χ4n) is 4.26. The quantitative estimate of drug-likeness (QED) is 0.472. The zero-order valence-electron chi connectivity index (χ0n) is 17.3. The maximum Gasteiger partial charge on any atom is 0.315 e. The van der Waals surface area contributed by atoms with Gasteiger partial charge in [0.25, 0.3) is 0 Å². The lowest BCUT2D eigenvalue weighted by atomic mass is 9.81. The lowest BCUT2D eigenvalue weighted by molar-refractivity contribution is -0.123. The van der Waals surface area contributed by atoms with E-state index in [9.17, 15) is 14.0 Å². The molecule has 3 aromatic rings. The molecule has 0 spiro atoms. The fourth-order valence-corrected chi connectivity index (χ4v) is 4.26. The largest absolute Gasteiger partial charge is 0.361 e. The summed E-state index contributed by atoms with van der Waals surface area (Å²) in [7, 11) is 0. The monoisotopic (exact) mass is 422 g/mol.